The largest absolute Gasteiger partial charge is 0.340 e. The molecule has 0 aliphatic carbocycles. The molecule has 0 bridgehead atoms. The minimum Gasteiger partial charge on any atom is -0.340 e. The SMILES string of the molecule is CC(=O)c1ccc(Nc2cc(C)nc(Nc3ccc(Cl)cc3C)n2)cc1. The number of benzene rings is 2. The molecule has 0 aliphatic heterocycles. The Kier molecular flexibility index (Phi) is 5.19. The number of hydrogen-bond donors (Lipinski definition) is 2. The zero-order chi connectivity index (χ0) is 18.7. The minimum absolute atomic E-state index is 0.0410. The van der Waals surface area contributed by atoms with E-state index in [2.05, 4.69) is 20.6 Å². The van der Waals surface area contributed by atoms with Crippen molar-refractivity contribution in [1.82, 2.24) is 9.97 Å². The Morgan fingerprint density at radius 2 is 1.69 bits per heavy atom. The van der Waals surface area contributed by atoms with E-state index in [4.69, 9.17) is 11.6 Å². The maximum Gasteiger partial charge on any atom is 0.229 e. The van der Waals surface area contributed by atoms with Crippen LogP contribution in [-0.2, 0) is 0 Å². The molecule has 1 aromatic heterocycles. The molecule has 0 saturated heterocycles. The number of Topliss-reactive ketones (excluding diaryl/α,β-unsaturated/α-hetero) is 1. The van der Waals surface area contributed by atoms with Crippen molar-refractivity contribution >= 4 is 40.5 Å². The number of aryl methyl sites for hydroxylation is 2. The number of nitrogens with one attached hydrogen (secondary N) is 2. The molecular weight excluding hydrogens is 348 g/mol. The summed E-state index contributed by atoms with van der Waals surface area (Å²) >= 11 is 6.00. The van der Waals surface area contributed by atoms with E-state index in [9.17, 15) is 4.79 Å². The van der Waals surface area contributed by atoms with Crippen LogP contribution in [0.15, 0.2) is 48.5 Å². The van der Waals surface area contributed by atoms with Gasteiger partial charge < -0.3 is 10.6 Å². The van der Waals surface area contributed by atoms with Gasteiger partial charge in [-0.2, -0.15) is 4.98 Å². The number of halogens is 1. The molecule has 0 radical (unpaired) electrons. The lowest BCUT2D eigenvalue weighted by atomic mass is 10.1. The smallest absolute Gasteiger partial charge is 0.229 e. The first-order valence-corrected chi connectivity index (χ1v) is 8.55. The summed E-state index contributed by atoms with van der Waals surface area (Å²) in [6.45, 7) is 5.43. The van der Waals surface area contributed by atoms with Crippen molar-refractivity contribution < 1.29 is 4.79 Å². The lowest BCUT2D eigenvalue weighted by molar-refractivity contribution is 0.101. The Balaban J connectivity index is 1.82. The van der Waals surface area contributed by atoms with Crippen LogP contribution in [0.25, 0.3) is 0 Å². The molecule has 132 valence electrons. The molecular formula is C20H19ClN4O. The number of rotatable bonds is 5. The van der Waals surface area contributed by atoms with E-state index in [1.165, 1.54) is 0 Å². The van der Waals surface area contributed by atoms with Gasteiger partial charge in [0, 0.05) is 33.7 Å². The van der Waals surface area contributed by atoms with E-state index in [0.717, 1.165) is 22.6 Å². The molecule has 2 aromatic carbocycles. The molecule has 26 heavy (non-hydrogen) atoms. The van der Waals surface area contributed by atoms with Crippen LogP contribution in [0, 0.1) is 13.8 Å². The van der Waals surface area contributed by atoms with E-state index in [-0.39, 0.29) is 5.78 Å². The normalized spacial score (nSPS) is 10.5. The van der Waals surface area contributed by atoms with Crippen LogP contribution in [0.3, 0.4) is 0 Å². The number of ketones is 1. The van der Waals surface area contributed by atoms with Crippen LogP contribution in [-0.4, -0.2) is 15.8 Å². The summed E-state index contributed by atoms with van der Waals surface area (Å²) in [5, 5.41) is 7.15. The lowest BCUT2D eigenvalue weighted by Gasteiger charge is -2.12. The molecule has 5 nitrogen and oxygen atoms in total. The van der Waals surface area contributed by atoms with Gasteiger partial charge in [0.2, 0.25) is 5.95 Å². The van der Waals surface area contributed by atoms with Gasteiger partial charge in [-0.15, -0.1) is 0 Å². The Morgan fingerprint density at radius 1 is 0.962 bits per heavy atom. The molecule has 0 unspecified atom stereocenters. The maximum absolute atomic E-state index is 11.4. The second-order valence-electron chi connectivity index (χ2n) is 6.06. The van der Waals surface area contributed by atoms with Crippen LogP contribution in [0.5, 0.6) is 0 Å². The quantitative estimate of drug-likeness (QED) is 0.589. The predicted molar refractivity (Wildman–Crippen MR) is 106 cm³/mol. The van der Waals surface area contributed by atoms with E-state index >= 15 is 0 Å². The summed E-state index contributed by atoms with van der Waals surface area (Å²) in [6.07, 6.45) is 0. The van der Waals surface area contributed by atoms with Gasteiger partial charge in [0.05, 0.1) is 0 Å². The molecule has 6 heteroatoms. The van der Waals surface area contributed by atoms with Gasteiger partial charge in [0.25, 0.3) is 0 Å². The summed E-state index contributed by atoms with van der Waals surface area (Å²) in [4.78, 5) is 20.3. The average molecular weight is 367 g/mol. The van der Waals surface area contributed by atoms with Gasteiger partial charge >= 0.3 is 0 Å². The number of nitrogens with zero attached hydrogens (tertiary/aromatic N) is 2. The monoisotopic (exact) mass is 366 g/mol. The van der Waals surface area contributed by atoms with E-state index in [1.807, 2.05) is 50.2 Å². The lowest BCUT2D eigenvalue weighted by Crippen LogP contribution is -2.03. The number of anilines is 4. The summed E-state index contributed by atoms with van der Waals surface area (Å²) < 4.78 is 0. The maximum atomic E-state index is 11.4. The second-order valence-corrected chi connectivity index (χ2v) is 6.50. The van der Waals surface area contributed by atoms with Crippen molar-refractivity contribution in [2.24, 2.45) is 0 Å². The third kappa shape index (κ3) is 4.37. The Morgan fingerprint density at radius 3 is 2.35 bits per heavy atom. The number of carbonyl (C=O) groups is 1. The minimum atomic E-state index is 0.0410. The summed E-state index contributed by atoms with van der Waals surface area (Å²) in [5.41, 5.74) is 4.27. The Hall–Kier alpha value is -2.92. The van der Waals surface area contributed by atoms with Gasteiger partial charge in [0.15, 0.2) is 5.78 Å². The first-order chi connectivity index (χ1) is 12.4. The number of hydrogen-bond acceptors (Lipinski definition) is 5. The fourth-order valence-corrected chi connectivity index (χ4v) is 2.74. The van der Waals surface area contributed by atoms with Gasteiger partial charge in [-0.05, 0) is 68.8 Å². The molecule has 3 aromatic rings. The molecule has 0 fully saturated rings. The van der Waals surface area contributed by atoms with Crippen LogP contribution in [0.2, 0.25) is 5.02 Å². The highest BCUT2D eigenvalue weighted by molar-refractivity contribution is 6.30. The van der Waals surface area contributed by atoms with E-state index in [0.29, 0.717) is 22.4 Å². The molecule has 1 heterocycles. The zero-order valence-electron chi connectivity index (χ0n) is 14.8. The fourth-order valence-electron chi connectivity index (χ4n) is 2.51. The van der Waals surface area contributed by atoms with Crippen LogP contribution in [0.4, 0.5) is 23.1 Å². The number of aromatic nitrogens is 2. The standard InChI is InChI=1S/C20H19ClN4O/c1-12-10-16(21)6-9-18(12)24-20-22-13(2)11-19(25-20)23-17-7-4-15(5-8-17)14(3)26/h4-11H,1-3H3,(H2,22,23,24,25). The molecule has 3 rings (SSSR count). The van der Waals surface area contributed by atoms with Crippen molar-refractivity contribution in [3.63, 3.8) is 0 Å². The molecule has 0 saturated carbocycles. The third-order valence-corrected chi connectivity index (χ3v) is 4.09. The highest BCUT2D eigenvalue weighted by atomic mass is 35.5. The van der Waals surface area contributed by atoms with Crippen molar-refractivity contribution in [3.05, 3.63) is 70.4 Å². The zero-order valence-corrected chi connectivity index (χ0v) is 15.6. The van der Waals surface area contributed by atoms with E-state index in [1.54, 1.807) is 19.1 Å². The van der Waals surface area contributed by atoms with Gasteiger partial charge in [0.1, 0.15) is 5.82 Å². The van der Waals surface area contributed by atoms with Crippen molar-refractivity contribution in [3.8, 4) is 0 Å². The highest BCUT2D eigenvalue weighted by Gasteiger charge is 2.06. The molecule has 0 amide bonds. The van der Waals surface area contributed by atoms with Gasteiger partial charge in [-0.1, -0.05) is 11.6 Å². The van der Waals surface area contributed by atoms with Crippen molar-refractivity contribution in [2.75, 3.05) is 10.6 Å². The van der Waals surface area contributed by atoms with Crippen LogP contribution >= 0.6 is 11.6 Å². The fraction of sp³-hybridized carbons (Fsp3) is 0.150. The Bertz CT molecular complexity index is 955. The highest BCUT2D eigenvalue weighted by Crippen LogP contribution is 2.24. The summed E-state index contributed by atoms with van der Waals surface area (Å²) in [6, 6.07) is 14.7. The summed E-state index contributed by atoms with van der Waals surface area (Å²) in [5.74, 6) is 1.21. The second kappa shape index (κ2) is 7.54. The third-order valence-electron chi connectivity index (χ3n) is 3.85. The molecule has 2 N–H and O–H groups in total. The molecule has 0 spiro atoms. The first-order valence-electron chi connectivity index (χ1n) is 8.17. The number of carbonyl (C=O) groups excluding carboxylic acids is 1. The first kappa shape index (κ1) is 17.9. The molecule has 0 aliphatic rings. The topological polar surface area (TPSA) is 66.9 Å². The average Bonchev–Trinajstić information content (AvgIpc) is 2.57. The summed E-state index contributed by atoms with van der Waals surface area (Å²) in [7, 11) is 0. The van der Waals surface area contributed by atoms with Gasteiger partial charge in [-0.25, -0.2) is 4.98 Å². The Labute approximate surface area is 157 Å². The van der Waals surface area contributed by atoms with Crippen molar-refractivity contribution in [1.29, 1.82) is 0 Å². The predicted octanol–water partition coefficient (Wildman–Crippen LogP) is 5.44. The van der Waals surface area contributed by atoms with E-state index < -0.39 is 0 Å². The molecule has 0 atom stereocenters. The van der Waals surface area contributed by atoms with Crippen LogP contribution in [0.1, 0.15) is 28.5 Å². The van der Waals surface area contributed by atoms with Crippen LogP contribution < -0.4 is 10.6 Å². The van der Waals surface area contributed by atoms with Gasteiger partial charge in [-0.3, -0.25) is 4.79 Å². The van der Waals surface area contributed by atoms with Crippen molar-refractivity contribution in [2.45, 2.75) is 20.8 Å².